The zero-order valence-electron chi connectivity index (χ0n) is 16.4. The quantitative estimate of drug-likeness (QED) is 0.722. The van der Waals surface area contributed by atoms with Crippen LogP contribution in [-0.4, -0.2) is 30.5 Å². The van der Waals surface area contributed by atoms with Gasteiger partial charge in [-0.25, -0.2) is 0 Å². The van der Waals surface area contributed by atoms with Crippen LogP contribution in [0.3, 0.4) is 0 Å². The molecule has 3 rings (SSSR count). The smallest absolute Gasteiger partial charge is 0.253 e. The monoisotopic (exact) mass is 367 g/mol. The van der Waals surface area contributed by atoms with Gasteiger partial charge in [0.15, 0.2) is 0 Å². The number of carbonyl (C=O) groups is 1. The third-order valence-corrected chi connectivity index (χ3v) is 4.92. The van der Waals surface area contributed by atoms with Crippen molar-refractivity contribution in [1.29, 1.82) is 0 Å². The first-order valence-electron chi connectivity index (χ1n) is 9.92. The molecule has 0 N–H and O–H groups in total. The third kappa shape index (κ3) is 5.25. The van der Waals surface area contributed by atoms with Gasteiger partial charge < -0.3 is 14.4 Å². The summed E-state index contributed by atoms with van der Waals surface area (Å²) in [5.74, 6) is 1.70. The Morgan fingerprint density at radius 2 is 1.67 bits per heavy atom. The van der Waals surface area contributed by atoms with E-state index in [9.17, 15) is 4.79 Å². The van der Waals surface area contributed by atoms with Crippen LogP contribution in [0, 0.1) is 6.92 Å². The molecule has 144 valence electrons. The Labute approximate surface area is 162 Å². The number of nitrogens with zero attached hydrogens (tertiary/aromatic N) is 1. The molecule has 0 atom stereocenters. The second-order valence-electron chi connectivity index (χ2n) is 7.06. The minimum Gasteiger partial charge on any atom is -0.493 e. The average molecular weight is 367 g/mol. The molecule has 1 amide bonds. The summed E-state index contributed by atoms with van der Waals surface area (Å²) in [6, 6.07) is 13.7. The van der Waals surface area contributed by atoms with Crippen LogP contribution in [0.2, 0.25) is 0 Å². The molecule has 0 unspecified atom stereocenters. The Bertz CT molecular complexity index is 747. The number of amides is 1. The lowest BCUT2D eigenvalue weighted by atomic mass is 10.1. The lowest BCUT2D eigenvalue weighted by Crippen LogP contribution is -2.31. The molecule has 4 nitrogen and oxygen atoms in total. The first-order valence-corrected chi connectivity index (χ1v) is 9.92. The predicted molar refractivity (Wildman–Crippen MR) is 107 cm³/mol. The van der Waals surface area contributed by atoms with E-state index in [1.807, 2.05) is 54.3 Å². The van der Waals surface area contributed by atoms with E-state index in [2.05, 4.69) is 6.92 Å². The molecule has 2 aromatic carbocycles. The molecule has 1 aliphatic rings. The summed E-state index contributed by atoms with van der Waals surface area (Å²) in [4.78, 5) is 14.9. The van der Waals surface area contributed by atoms with Crippen LogP contribution in [0.1, 0.15) is 54.1 Å². The first-order chi connectivity index (χ1) is 13.2. The van der Waals surface area contributed by atoms with Crippen LogP contribution in [0.15, 0.2) is 42.5 Å². The molecule has 27 heavy (non-hydrogen) atoms. The maximum atomic E-state index is 12.9. The summed E-state index contributed by atoms with van der Waals surface area (Å²) < 4.78 is 11.7. The van der Waals surface area contributed by atoms with Crippen molar-refractivity contribution in [3.05, 3.63) is 59.2 Å². The lowest BCUT2D eigenvalue weighted by molar-refractivity contribution is 0.0761. The summed E-state index contributed by atoms with van der Waals surface area (Å²) in [6.45, 7) is 6.66. The Kier molecular flexibility index (Phi) is 6.74. The Morgan fingerprint density at radius 3 is 2.33 bits per heavy atom. The molecule has 0 bridgehead atoms. The molecule has 1 heterocycles. The van der Waals surface area contributed by atoms with Gasteiger partial charge in [-0.1, -0.05) is 30.5 Å². The van der Waals surface area contributed by atoms with Crippen LogP contribution in [0.4, 0.5) is 0 Å². The fraction of sp³-hybridized carbons (Fsp3) is 0.435. The van der Waals surface area contributed by atoms with Crippen LogP contribution in [0.25, 0.3) is 0 Å². The van der Waals surface area contributed by atoms with Crippen LogP contribution >= 0.6 is 0 Å². The van der Waals surface area contributed by atoms with Gasteiger partial charge in [0.05, 0.1) is 6.61 Å². The highest BCUT2D eigenvalue weighted by Gasteiger charge is 2.19. The third-order valence-electron chi connectivity index (χ3n) is 4.92. The molecular formula is C23H29NO3. The first kappa shape index (κ1) is 19.3. The number of hydrogen-bond acceptors (Lipinski definition) is 3. The molecule has 1 aliphatic heterocycles. The van der Waals surface area contributed by atoms with Crippen molar-refractivity contribution in [2.75, 3.05) is 19.7 Å². The van der Waals surface area contributed by atoms with E-state index in [0.29, 0.717) is 18.8 Å². The van der Waals surface area contributed by atoms with E-state index in [-0.39, 0.29) is 5.91 Å². The summed E-state index contributed by atoms with van der Waals surface area (Å²) in [5.41, 5.74) is 2.81. The lowest BCUT2D eigenvalue weighted by Gasteiger charge is -2.21. The van der Waals surface area contributed by atoms with Crippen LogP contribution in [-0.2, 0) is 6.61 Å². The van der Waals surface area contributed by atoms with Crippen molar-refractivity contribution >= 4 is 5.91 Å². The fourth-order valence-corrected chi connectivity index (χ4v) is 3.37. The number of hydrogen-bond donors (Lipinski definition) is 0. The van der Waals surface area contributed by atoms with E-state index in [1.54, 1.807) is 0 Å². The minimum absolute atomic E-state index is 0.108. The molecule has 0 spiro atoms. The molecule has 4 heteroatoms. The van der Waals surface area contributed by atoms with E-state index in [0.717, 1.165) is 43.0 Å². The Hall–Kier alpha value is -2.49. The topological polar surface area (TPSA) is 38.8 Å². The van der Waals surface area contributed by atoms with Gasteiger partial charge in [0.2, 0.25) is 0 Å². The second kappa shape index (κ2) is 9.45. The Morgan fingerprint density at radius 1 is 0.963 bits per heavy atom. The number of benzene rings is 2. The SMILES string of the molecule is CCOc1ccc(C(=O)N2CCCCCC2)cc1COc1ccc(C)cc1. The van der Waals surface area contributed by atoms with E-state index >= 15 is 0 Å². The van der Waals surface area contributed by atoms with E-state index < -0.39 is 0 Å². The van der Waals surface area contributed by atoms with Gasteiger partial charge in [0.1, 0.15) is 18.1 Å². The van der Waals surface area contributed by atoms with Crippen molar-refractivity contribution in [3.63, 3.8) is 0 Å². The zero-order chi connectivity index (χ0) is 19.1. The Balaban J connectivity index is 1.76. The second-order valence-corrected chi connectivity index (χ2v) is 7.06. The molecule has 1 saturated heterocycles. The highest BCUT2D eigenvalue weighted by molar-refractivity contribution is 5.94. The number of carbonyl (C=O) groups excluding carboxylic acids is 1. The van der Waals surface area contributed by atoms with Gasteiger partial charge in [0.25, 0.3) is 5.91 Å². The molecule has 0 radical (unpaired) electrons. The van der Waals surface area contributed by atoms with Gasteiger partial charge in [-0.15, -0.1) is 0 Å². The van der Waals surface area contributed by atoms with E-state index in [4.69, 9.17) is 9.47 Å². The maximum Gasteiger partial charge on any atom is 0.253 e. The molecule has 2 aromatic rings. The van der Waals surface area contributed by atoms with Gasteiger partial charge in [-0.05, 0) is 57.0 Å². The van der Waals surface area contributed by atoms with Gasteiger partial charge in [-0.2, -0.15) is 0 Å². The van der Waals surface area contributed by atoms with Gasteiger partial charge in [0, 0.05) is 24.2 Å². The highest BCUT2D eigenvalue weighted by Crippen LogP contribution is 2.24. The van der Waals surface area contributed by atoms with Crippen molar-refractivity contribution in [2.24, 2.45) is 0 Å². The van der Waals surface area contributed by atoms with Crippen LogP contribution < -0.4 is 9.47 Å². The van der Waals surface area contributed by atoms with Crippen molar-refractivity contribution in [1.82, 2.24) is 4.90 Å². The van der Waals surface area contributed by atoms with Crippen molar-refractivity contribution < 1.29 is 14.3 Å². The summed E-state index contributed by atoms with van der Waals surface area (Å²) in [5, 5.41) is 0. The molecular weight excluding hydrogens is 338 g/mol. The largest absolute Gasteiger partial charge is 0.493 e. The molecule has 0 aromatic heterocycles. The van der Waals surface area contributed by atoms with Gasteiger partial charge >= 0.3 is 0 Å². The standard InChI is InChI=1S/C23H29NO3/c1-3-26-22-13-10-19(23(25)24-14-6-4-5-7-15-24)16-20(22)17-27-21-11-8-18(2)9-12-21/h8-13,16H,3-7,14-15,17H2,1-2H3. The summed E-state index contributed by atoms with van der Waals surface area (Å²) in [6.07, 6.45) is 4.60. The molecule has 1 fully saturated rings. The molecule has 0 saturated carbocycles. The van der Waals surface area contributed by atoms with Crippen molar-refractivity contribution in [3.8, 4) is 11.5 Å². The number of rotatable bonds is 6. The normalized spacial score (nSPS) is 14.5. The fourth-order valence-electron chi connectivity index (χ4n) is 3.37. The predicted octanol–water partition coefficient (Wildman–Crippen LogP) is 4.99. The van der Waals surface area contributed by atoms with Crippen molar-refractivity contribution in [2.45, 2.75) is 46.1 Å². The molecule has 0 aliphatic carbocycles. The maximum absolute atomic E-state index is 12.9. The summed E-state index contributed by atoms with van der Waals surface area (Å²) >= 11 is 0. The average Bonchev–Trinajstić information content (AvgIpc) is 2.97. The number of ether oxygens (including phenoxy) is 2. The van der Waals surface area contributed by atoms with Gasteiger partial charge in [-0.3, -0.25) is 4.79 Å². The number of aryl methyl sites for hydroxylation is 1. The minimum atomic E-state index is 0.108. The zero-order valence-corrected chi connectivity index (χ0v) is 16.4. The number of likely N-dealkylation sites (tertiary alicyclic amines) is 1. The van der Waals surface area contributed by atoms with Crippen LogP contribution in [0.5, 0.6) is 11.5 Å². The summed E-state index contributed by atoms with van der Waals surface area (Å²) in [7, 11) is 0. The van der Waals surface area contributed by atoms with E-state index in [1.165, 1.54) is 18.4 Å². The highest BCUT2D eigenvalue weighted by atomic mass is 16.5.